The maximum Gasteiger partial charge on any atom is 0.451 e. The molecule has 1 atom stereocenters. The zero-order chi connectivity index (χ0) is 30.1. The van der Waals surface area contributed by atoms with Crippen LogP contribution in [0.2, 0.25) is 0 Å². The van der Waals surface area contributed by atoms with Crippen LogP contribution >= 0.6 is 0 Å². The number of anilines is 1. The number of sulfonamides is 1. The Labute approximate surface area is 238 Å². The van der Waals surface area contributed by atoms with Crippen LogP contribution in [0.3, 0.4) is 0 Å². The summed E-state index contributed by atoms with van der Waals surface area (Å²) in [6.45, 7) is 2.02. The smallest absolute Gasteiger partial charge is 0.345 e. The molecule has 14 heteroatoms. The number of aromatic nitrogens is 3. The first kappa shape index (κ1) is 29.1. The molecular weight excluding hydrogens is 576 g/mol. The highest BCUT2D eigenvalue weighted by Crippen LogP contribution is 2.43. The second kappa shape index (κ2) is 11.4. The summed E-state index contributed by atoms with van der Waals surface area (Å²) >= 11 is 0. The fourth-order valence-corrected chi connectivity index (χ4v) is 5.76. The average molecular weight is 601 g/mol. The van der Waals surface area contributed by atoms with Gasteiger partial charge in [-0.2, -0.15) is 13.2 Å². The number of alkyl halides is 3. The maximum absolute atomic E-state index is 14.2. The second-order valence-electron chi connectivity index (χ2n) is 9.46. The van der Waals surface area contributed by atoms with Gasteiger partial charge in [-0.05, 0) is 54.1 Å². The first-order chi connectivity index (χ1) is 19.9. The first-order valence-corrected chi connectivity index (χ1v) is 14.2. The molecule has 9 nitrogen and oxygen atoms in total. The van der Waals surface area contributed by atoms with E-state index in [2.05, 4.69) is 20.3 Å². The molecule has 218 valence electrons. The lowest BCUT2D eigenvalue weighted by Gasteiger charge is -2.38. The summed E-state index contributed by atoms with van der Waals surface area (Å²) in [4.78, 5) is 25.2. The summed E-state index contributed by atoms with van der Waals surface area (Å²) < 4.78 is 84.2. The minimum absolute atomic E-state index is 0.0947. The fourth-order valence-electron chi connectivity index (χ4n) is 4.73. The van der Waals surface area contributed by atoms with Crippen molar-refractivity contribution in [1.82, 2.24) is 25.0 Å². The highest BCUT2D eigenvalue weighted by molar-refractivity contribution is 7.90. The molecule has 42 heavy (non-hydrogen) atoms. The molecule has 0 radical (unpaired) electrons. The van der Waals surface area contributed by atoms with E-state index in [0.29, 0.717) is 18.8 Å². The summed E-state index contributed by atoms with van der Waals surface area (Å²) in [7, 11) is -4.30. The van der Waals surface area contributed by atoms with Gasteiger partial charge >= 0.3 is 6.18 Å². The summed E-state index contributed by atoms with van der Waals surface area (Å²) in [5.74, 6) is -2.94. The van der Waals surface area contributed by atoms with Crippen molar-refractivity contribution >= 4 is 21.7 Å². The first-order valence-electron chi connectivity index (χ1n) is 12.7. The number of carbonyl (C=O) groups excluding carboxylic acids is 1. The average Bonchev–Trinajstić information content (AvgIpc) is 2.96. The molecule has 0 spiro atoms. The van der Waals surface area contributed by atoms with Crippen LogP contribution in [0.5, 0.6) is 0 Å². The topological polar surface area (TPSA) is 117 Å². The van der Waals surface area contributed by atoms with Crippen LogP contribution in [-0.4, -0.2) is 48.9 Å². The van der Waals surface area contributed by atoms with E-state index < -0.39 is 39.8 Å². The zero-order valence-electron chi connectivity index (χ0n) is 22.1. The SMILES string of the molecule is CC(=O)NS(=O)(=O)c1cccc(-c2c(-c3ccc(F)cc3)nc(C(F)(F)F)nc2N2CCNCC2c2ccccn2)c1. The van der Waals surface area contributed by atoms with Crippen molar-refractivity contribution in [3.8, 4) is 22.4 Å². The van der Waals surface area contributed by atoms with Gasteiger partial charge in [-0.25, -0.2) is 27.5 Å². The molecule has 1 aliphatic heterocycles. The third-order valence-electron chi connectivity index (χ3n) is 6.52. The monoisotopic (exact) mass is 600 g/mol. The van der Waals surface area contributed by atoms with E-state index >= 15 is 0 Å². The molecule has 4 aromatic rings. The normalized spacial score (nSPS) is 15.8. The van der Waals surface area contributed by atoms with E-state index in [1.807, 2.05) is 4.72 Å². The molecule has 1 saturated heterocycles. The Morgan fingerprint density at radius 1 is 1.02 bits per heavy atom. The summed E-state index contributed by atoms with van der Waals surface area (Å²) in [5.41, 5.74) is 0.813. The highest BCUT2D eigenvalue weighted by Gasteiger charge is 2.39. The summed E-state index contributed by atoms with van der Waals surface area (Å²) in [6, 6.07) is 14.8. The number of piperazine rings is 1. The molecule has 5 rings (SSSR count). The Morgan fingerprint density at radius 3 is 2.45 bits per heavy atom. The van der Waals surface area contributed by atoms with Crippen LogP contribution in [0.25, 0.3) is 22.4 Å². The summed E-state index contributed by atoms with van der Waals surface area (Å²) in [5, 5.41) is 3.23. The van der Waals surface area contributed by atoms with E-state index in [1.54, 1.807) is 29.3 Å². The molecule has 2 N–H and O–H groups in total. The number of pyridine rings is 1. The van der Waals surface area contributed by atoms with E-state index in [9.17, 15) is 30.8 Å². The lowest BCUT2D eigenvalue weighted by Crippen LogP contribution is -2.47. The summed E-state index contributed by atoms with van der Waals surface area (Å²) in [6.07, 6.45) is -3.36. The standard InChI is InChI=1S/C28H24F4N6O3S/c1-17(39)37-42(40,41)21-6-4-5-19(15-21)24-25(18-8-10-20(29)11-9-18)35-27(28(30,31)32)36-26(24)38-14-13-33-16-23(38)22-7-2-3-12-34-22/h2-12,15,23,33H,13-14,16H2,1H3,(H,37,39). The van der Waals surface area contributed by atoms with Crippen molar-refractivity contribution in [2.75, 3.05) is 24.5 Å². The van der Waals surface area contributed by atoms with Gasteiger partial charge in [-0.1, -0.05) is 18.2 Å². The highest BCUT2D eigenvalue weighted by atomic mass is 32.2. The molecular formula is C28H24F4N6O3S. The Morgan fingerprint density at radius 2 is 1.79 bits per heavy atom. The van der Waals surface area contributed by atoms with Crippen LogP contribution in [0.1, 0.15) is 24.5 Å². The molecule has 0 saturated carbocycles. The minimum Gasteiger partial charge on any atom is -0.345 e. The molecule has 3 heterocycles. The van der Waals surface area contributed by atoms with Gasteiger partial charge in [0.05, 0.1) is 27.9 Å². The van der Waals surface area contributed by atoms with Gasteiger partial charge in [-0.3, -0.25) is 9.78 Å². The van der Waals surface area contributed by atoms with Crippen LogP contribution in [0, 0.1) is 5.82 Å². The fraction of sp³-hybridized carbons (Fsp3) is 0.214. The molecule has 0 bridgehead atoms. The van der Waals surface area contributed by atoms with E-state index in [1.165, 1.54) is 36.4 Å². The second-order valence-corrected chi connectivity index (χ2v) is 11.1. The number of nitrogens with one attached hydrogen (secondary N) is 2. The van der Waals surface area contributed by atoms with Crippen LogP contribution in [0.15, 0.2) is 77.8 Å². The Bertz CT molecular complexity index is 1720. The van der Waals surface area contributed by atoms with Gasteiger partial charge in [0.25, 0.3) is 10.0 Å². The van der Waals surface area contributed by atoms with Crippen molar-refractivity contribution < 1.29 is 30.8 Å². The quantitative estimate of drug-likeness (QED) is 0.314. The number of hydrogen-bond donors (Lipinski definition) is 2. The maximum atomic E-state index is 14.2. The van der Waals surface area contributed by atoms with Crippen LogP contribution in [0.4, 0.5) is 23.4 Å². The number of nitrogens with zero attached hydrogens (tertiary/aromatic N) is 4. The largest absolute Gasteiger partial charge is 0.451 e. The predicted octanol–water partition coefficient (Wildman–Crippen LogP) is 4.34. The van der Waals surface area contributed by atoms with E-state index in [0.717, 1.165) is 19.1 Å². The van der Waals surface area contributed by atoms with Crippen molar-refractivity contribution in [3.63, 3.8) is 0 Å². The number of benzene rings is 2. The van der Waals surface area contributed by atoms with Crippen LogP contribution < -0.4 is 14.9 Å². The van der Waals surface area contributed by atoms with Crippen molar-refractivity contribution in [2.45, 2.75) is 24.0 Å². The van der Waals surface area contributed by atoms with E-state index in [4.69, 9.17) is 0 Å². The third kappa shape index (κ3) is 6.09. The number of rotatable bonds is 6. The van der Waals surface area contributed by atoms with Gasteiger partial charge < -0.3 is 10.2 Å². The molecule has 2 aromatic heterocycles. The molecule has 2 aromatic carbocycles. The predicted molar refractivity (Wildman–Crippen MR) is 146 cm³/mol. The van der Waals surface area contributed by atoms with Crippen LogP contribution in [-0.2, 0) is 21.0 Å². The number of carbonyl (C=O) groups is 1. The Kier molecular flexibility index (Phi) is 7.93. The molecule has 1 amide bonds. The number of hydrogen-bond acceptors (Lipinski definition) is 8. The molecule has 1 fully saturated rings. The third-order valence-corrected chi connectivity index (χ3v) is 7.95. The van der Waals surface area contributed by atoms with Gasteiger partial charge in [0.2, 0.25) is 11.7 Å². The number of amides is 1. The van der Waals surface area contributed by atoms with E-state index in [-0.39, 0.29) is 39.6 Å². The molecule has 1 aliphatic rings. The molecule has 1 unspecified atom stereocenters. The molecule has 0 aliphatic carbocycles. The Balaban J connectivity index is 1.82. The Hall–Kier alpha value is -4.43. The van der Waals surface area contributed by atoms with Gasteiger partial charge in [0, 0.05) is 38.3 Å². The van der Waals surface area contributed by atoms with Gasteiger partial charge in [-0.15, -0.1) is 0 Å². The zero-order valence-corrected chi connectivity index (χ0v) is 22.9. The van der Waals surface area contributed by atoms with Crippen molar-refractivity contribution in [2.24, 2.45) is 0 Å². The van der Waals surface area contributed by atoms with Crippen molar-refractivity contribution in [3.05, 3.63) is 90.3 Å². The lowest BCUT2D eigenvalue weighted by atomic mass is 9.97. The lowest BCUT2D eigenvalue weighted by molar-refractivity contribution is -0.144. The minimum atomic E-state index is -4.94. The van der Waals surface area contributed by atoms with Gasteiger partial charge in [0.15, 0.2) is 0 Å². The van der Waals surface area contributed by atoms with Gasteiger partial charge in [0.1, 0.15) is 11.6 Å². The number of halogens is 4. The van der Waals surface area contributed by atoms with Crippen molar-refractivity contribution in [1.29, 1.82) is 0 Å².